The summed E-state index contributed by atoms with van der Waals surface area (Å²) in [6.07, 6.45) is 3.35. The molecule has 0 aromatic heterocycles. The van der Waals surface area contributed by atoms with E-state index < -0.39 is 0 Å². The van der Waals surface area contributed by atoms with Gasteiger partial charge in [-0.05, 0) is 36.4 Å². The molecule has 1 atom stereocenters. The van der Waals surface area contributed by atoms with E-state index >= 15 is 0 Å². The average Bonchev–Trinajstić information content (AvgIpc) is 2.74. The molecule has 1 heterocycles. The number of rotatable bonds is 7. The van der Waals surface area contributed by atoms with Crippen molar-refractivity contribution in [3.8, 4) is 0 Å². The first-order valence-corrected chi connectivity index (χ1v) is 10.3. The number of likely N-dealkylation sites (N-methyl/N-ethyl adjacent to an activating group) is 1. The number of anilines is 1. The second kappa shape index (κ2) is 10.7. The van der Waals surface area contributed by atoms with Gasteiger partial charge in [0.1, 0.15) is 0 Å². The summed E-state index contributed by atoms with van der Waals surface area (Å²) >= 11 is 0. The van der Waals surface area contributed by atoms with Crippen molar-refractivity contribution in [2.24, 2.45) is 0 Å². The van der Waals surface area contributed by atoms with Gasteiger partial charge in [-0.2, -0.15) is 0 Å². The highest BCUT2D eigenvalue weighted by molar-refractivity contribution is 5.92. The number of nitrogens with one attached hydrogen (secondary N) is 2. The number of nitrogens with zero attached hydrogens (tertiary/aromatic N) is 2. The van der Waals surface area contributed by atoms with E-state index in [0.717, 1.165) is 49.5 Å². The van der Waals surface area contributed by atoms with Gasteiger partial charge in [-0.25, -0.2) is 0 Å². The Balaban J connectivity index is 1.62. The minimum Gasteiger partial charge on any atom is -0.344 e. The molecule has 1 unspecified atom stereocenters. The molecule has 1 saturated heterocycles. The maximum absolute atomic E-state index is 12.6. The van der Waals surface area contributed by atoms with Crippen LogP contribution in [0.2, 0.25) is 0 Å². The zero-order chi connectivity index (χ0) is 21.3. The molecule has 30 heavy (non-hydrogen) atoms. The van der Waals surface area contributed by atoms with Gasteiger partial charge in [0.15, 0.2) is 0 Å². The van der Waals surface area contributed by atoms with Crippen molar-refractivity contribution >= 4 is 23.6 Å². The van der Waals surface area contributed by atoms with E-state index in [4.69, 9.17) is 0 Å². The van der Waals surface area contributed by atoms with E-state index in [0.29, 0.717) is 0 Å². The molecule has 2 aromatic carbocycles. The molecule has 158 valence electrons. The molecule has 0 bridgehead atoms. The van der Waals surface area contributed by atoms with Crippen molar-refractivity contribution in [3.05, 3.63) is 71.8 Å². The maximum Gasteiger partial charge on any atom is 0.244 e. The van der Waals surface area contributed by atoms with Gasteiger partial charge in [0.2, 0.25) is 11.8 Å². The zero-order valence-corrected chi connectivity index (χ0v) is 17.7. The van der Waals surface area contributed by atoms with E-state index in [1.165, 1.54) is 6.92 Å². The molecule has 1 fully saturated rings. The Labute approximate surface area is 178 Å². The van der Waals surface area contributed by atoms with Crippen LogP contribution in [0.5, 0.6) is 0 Å². The van der Waals surface area contributed by atoms with Crippen molar-refractivity contribution in [2.45, 2.75) is 13.0 Å². The Kier molecular flexibility index (Phi) is 7.76. The number of amides is 2. The molecule has 6 nitrogen and oxygen atoms in total. The Morgan fingerprint density at radius 3 is 2.30 bits per heavy atom. The normalized spacial score (nSPS) is 16.3. The van der Waals surface area contributed by atoms with Crippen molar-refractivity contribution in [1.29, 1.82) is 0 Å². The topological polar surface area (TPSA) is 64.7 Å². The van der Waals surface area contributed by atoms with Crippen molar-refractivity contribution in [1.82, 2.24) is 15.1 Å². The molecule has 0 spiro atoms. The van der Waals surface area contributed by atoms with Crippen LogP contribution in [0, 0.1) is 0 Å². The van der Waals surface area contributed by atoms with Crippen LogP contribution in [-0.4, -0.2) is 61.4 Å². The molecule has 1 aliphatic rings. The third kappa shape index (κ3) is 6.83. The lowest BCUT2D eigenvalue weighted by atomic mass is 10.1. The van der Waals surface area contributed by atoms with Crippen LogP contribution >= 0.6 is 0 Å². The molecule has 1 aliphatic heterocycles. The largest absolute Gasteiger partial charge is 0.344 e. The summed E-state index contributed by atoms with van der Waals surface area (Å²) in [6, 6.07) is 17.4. The van der Waals surface area contributed by atoms with Gasteiger partial charge in [-0.15, -0.1) is 0 Å². The highest BCUT2D eigenvalue weighted by atomic mass is 16.2. The first-order chi connectivity index (χ1) is 14.5. The van der Waals surface area contributed by atoms with E-state index in [-0.39, 0.29) is 17.9 Å². The van der Waals surface area contributed by atoms with Crippen LogP contribution in [-0.2, 0) is 9.59 Å². The van der Waals surface area contributed by atoms with Gasteiger partial charge < -0.3 is 15.5 Å². The summed E-state index contributed by atoms with van der Waals surface area (Å²) in [4.78, 5) is 28.5. The minimum absolute atomic E-state index is 0.0612. The Morgan fingerprint density at radius 1 is 1.00 bits per heavy atom. The fraction of sp³-hybridized carbons (Fsp3) is 0.333. The van der Waals surface area contributed by atoms with Gasteiger partial charge in [-0.3, -0.25) is 14.5 Å². The van der Waals surface area contributed by atoms with Crippen LogP contribution in [0.15, 0.2) is 60.7 Å². The van der Waals surface area contributed by atoms with E-state index in [1.807, 2.05) is 42.5 Å². The van der Waals surface area contributed by atoms with Gasteiger partial charge in [0.05, 0.1) is 6.04 Å². The van der Waals surface area contributed by atoms with Crippen LogP contribution in [0.4, 0.5) is 5.69 Å². The number of carbonyl (C=O) groups is 2. The van der Waals surface area contributed by atoms with Gasteiger partial charge in [-0.1, -0.05) is 42.5 Å². The lowest BCUT2D eigenvalue weighted by molar-refractivity contribution is -0.117. The fourth-order valence-corrected chi connectivity index (χ4v) is 3.48. The average molecular weight is 407 g/mol. The van der Waals surface area contributed by atoms with Crippen LogP contribution in [0.3, 0.4) is 0 Å². The van der Waals surface area contributed by atoms with Crippen molar-refractivity contribution in [2.75, 3.05) is 45.1 Å². The van der Waals surface area contributed by atoms with E-state index in [9.17, 15) is 9.59 Å². The summed E-state index contributed by atoms with van der Waals surface area (Å²) in [7, 11) is 2.14. The second-order valence-electron chi connectivity index (χ2n) is 7.71. The summed E-state index contributed by atoms with van der Waals surface area (Å²) in [5.41, 5.74) is 2.74. The number of piperazine rings is 1. The Bertz CT molecular complexity index is 857. The first-order valence-electron chi connectivity index (χ1n) is 10.3. The molecular weight excluding hydrogens is 376 g/mol. The van der Waals surface area contributed by atoms with E-state index in [1.54, 1.807) is 12.2 Å². The fourth-order valence-electron chi connectivity index (χ4n) is 3.48. The number of hydrogen-bond acceptors (Lipinski definition) is 4. The van der Waals surface area contributed by atoms with Crippen LogP contribution in [0.25, 0.3) is 6.08 Å². The smallest absolute Gasteiger partial charge is 0.244 e. The van der Waals surface area contributed by atoms with E-state index in [2.05, 4.69) is 39.6 Å². The third-order valence-corrected chi connectivity index (χ3v) is 5.21. The maximum atomic E-state index is 12.6. The quantitative estimate of drug-likeness (QED) is 0.694. The molecule has 0 radical (unpaired) electrons. The predicted molar refractivity (Wildman–Crippen MR) is 121 cm³/mol. The number of hydrogen-bond donors (Lipinski definition) is 2. The first kappa shape index (κ1) is 21.7. The molecule has 0 saturated carbocycles. The summed E-state index contributed by atoms with van der Waals surface area (Å²) in [5, 5.41) is 5.89. The third-order valence-electron chi connectivity index (χ3n) is 5.21. The summed E-state index contributed by atoms with van der Waals surface area (Å²) < 4.78 is 0. The minimum atomic E-state index is -0.121. The SMILES string of the molecule is CC(=O)Nc1ccc(/C=C/C(=O)NC(CN2CCN(C)CC2)c2ccccc2)cc1. The monoisotopic (exact) mass is 406 g/mol. The van der Waals surface area contributed by atoms with Gasteiger partial charge in [0, 0.05) is 51.4 Å². The molecular formula is C24H30N4O2. The molecule has 0 aliphatic carbocycles. The highest BCUT2D eigenvalue weighted by Gasteiger charge is 2.20. The molecule has 2 amide bonds. The Hall–Kier alpha value is -2.96. The lowest BCUT2D eigenvalue weighted by Gasteiger charge is -2.34. The molecule has 2 N–H and O–H groups in total. The molecule has 6 heteroatoms. The summed E-state index contributed by atoms with van der Waals surface area (Å²) in [6.45, 7) is 6.37. The molecule has 2 aromatic rings. The standard InChI is InChI=1S/C24H30N4O2/c1-19(29)25-22-11-8-20(9-12-22)10-13-24(30)26-23(21-6-4-3-5-7-21)18-28-16-14-27(2)15-17-28/h3-13,23H,14-18H2,1-2H3,(H,25,29)(H,26,30)/b13-10+. The lowest BCUT2D eigenvalue weighted by Crippen LogP contribution is -2.47. The highest BCUT2D eigenvalue weighted by Crippen LogP contribution is 2.16. The van der Waals surface area contributed by atoms with Crippen molar-refractivity contribution < 1.29 is 9.59 Å². The van der Waals surface area contributed by atoms with Gasteiger partial charge in [0.25, 0.3) is 0 Å². The van der Waals surface area contributed by atoms with Crippen LogP contribution < -0.4 is 10.6 Å². The predicted octanol–water partition coefficient (Wildman–Crippen LogP) is 2.76. The second-order valence-corrected chi connectivity index (χ2v) is 7.71. The van der Waals surface area contributed by atoms with Gasteiger partial charge >= 0.3 is 0 Å². The summed E-state index contributed by atoms with van der Waals surface area (Å²) in [5.74, 6) is -0.228. The zero-order valence-electron chi connectivity index (χ0n) is 17.7. The number of benzene rings is 2. The van der Waals surface area contributed by atoms with Crippen LogP contribution in [0.1, 0.15) is 24.1 Å². The molecule has 3 rings (SSSR count). The number of carbonyl (C=O) groups excluding carboxylic acids is 2. The van der Waals surface area contributed by atoms with Crippen molar-refractivity contribution in [3.63, 3.8) is 0 Å². The Morgan fingerprint density at radius 2 is 1.67 bits per heavy atom.